The summed E-state index contributed by atoms with van der Waals surface area (Å²) in [5.74, 6) is 0.550. The van der Waals surface area contributed by atoms with Crippen molar-refractivity contribution in [3.63, 3.8) is 0 Å². The quantitative estimate of drug-likeness (QED) is 0.823. The number of ether oxygens (including phenoxy) is 1. The van der Waals surface area contributed by atoms with Crippen molar-refractivity contribution in [3.05, 3.63) is 60.2 Å². The molecule has 0 aromatic heterocycles. The molecule has 6 nitrogen and oxygen atoms in total. The fourth-order valence-corrected chi connectivity index (χ4v) is 4.47. The molecule has 0 bridgehead atoms. The van der Waals surface area contributed by atoms with Crippen LogP contribution in [0.1, 0.15) is 16.8 Å². The van der Waals surface area contributed by atoms with Crippen molar-refractivity contribution in [2.75, 3.05) is 33.3 Å². The van der Waals surface area contributed by atoms with Crippen LogP contribution in [-0.2, 0) is 10.0 Å². The molecule has 0 radical (unpaired) electrons. The first-order valence-electron chi connectivity index (χ1n) is 8.51. The van der Waals surface area contributed by atoms with Crippen molar-refractivity contribution in [2.24, 2.45) is 0 Å². The molecule has 1 fully saturated rings. The summed E-state index contributed by atoms with van der Waals surface area (Å²) >= 11 is 0. The maximum atomic E-state index is 12.9. The highest BCUT2D eigenvalue weighted by atomic mass is 32.2. The molecule has 7 heteroatoms. The molecule has 0 N–H and O–H groups in total. The maximum Gasteiger partial charge on any atom is 0.253 e. The Balaban J connectivity index is 1.72. The first-order valence-corrected chi connectivity index (χ1v) is 9.95. The molecule has 2 aromatic carbocycles. The largest absolute Gasteiger partial charge is 0.497 e. The van der Waals surface area contributed by atoms with Gasteiger partial charge in [-0.15, -0.1) is 0 Å². The van der Waals surface area contributed by atoms with Gasteiger partial charge >= 0.3 is 0 Å². The van der Waals surface area contributed by atoms with E-state index in [0.717, 1.165) is 0 Å². The van der Waals surface area contributed by atoms with Gasteiger partial charge in [0.05, 0.1) is 12.0 Å². The van der Waals surface area contributed by atoms with Crippen LogP contribution in [0.5, 0.6) is 5.75 Å². The fourth-order valence-electron chi connectivity index (χ4n) is 3.00. The molecule has 26 heavy (non-hydrogen) atoms. The highest BCUT2D eigenvalue weighted by molar-refractivity contribution is 7.89. The van der Waals surface area contributed by atoms with Crippen LogP contribution in [0.2, 0.25) is 0 Å². The molecule has 0 spiro atoms. The summed E-state index contributed by atoms with van der Waals surface area (Å²) in [4.78, 5) is 14.6. The number of methoxy groups -OCH3 is 1. The third-order valence-electron chi connectivity index (χ3n) is 4.46. The highest BCUT2D eigenvalue weighted by Gasteiger charge is 2.28. The summed E-state index contributed by atoms with van der Waals surface area (Å²) in [5.41, 5.74) is 0.624. The normalized spacial score (nSPS) is 16.1. The summed E-state index contributed by atoms with van der Waals surface area (Å²) < 4.78 is 32.3. The summed E-state index contributed by atoms with van der Waals surface area (Å²) in [6, 6.07) is 15.4. The van der Waals surface area contributed by atoms with Gasteiger partial charge in [0.2, 0.25) is 10.0 Å². The van der Waals surface area contributed by atoms with Crippen LogP contribution in [0.15, 0.2) is 59.5 Å². The van der Waals surface area contributed by atoms with Crippen molar-refractivity contribution in [1.82, 2.24) is 9.21 Å². The van der Waals surface area contributed by atoms with Crippen LogP contribution in [0.3, 0.4) is 0 Å². The molecule has 0 atom stereocenters. The first-order chi connectivity index (χ1) is 12.5. The average Bonchev–Trinajstić information content (AvgIpc) is 2.95. The third-order valence-corrected chi connectivity index (χ3v) is 6.37. The van der Waals surface area contributed by atoms with Crippen molar-refractivity contribution in [3.8, 4) is 5.75 Å². The minimum Gasteiger partial charge on any atom is -0.497 e. The van der Waals surface area contributed by atoms with Crippen LogP contribution in [-0.4, -0.2) is 56.8 Å². The Morgan fingerprint density at radius 2 is 1.62 bits per heavy atom. The number of carbonyl (C=O) groups is 1. The minimum atomic E-state index is -3.58. The van der Waals surface area contributed by atoms with E-state index in [-0.39, 0.29) is 17.3 Å². The van der Waals surface area contributed by atoms with Gasteiger partial charge in [0.1, 0.15) is 5.75 Å². The molecule has 1 heterocycles. The number of nitrogens with zero attached hydrogens (tertiary/aromatic N) is 2. The van der Waals surface area contributed by atoms with E-state index in [1.165, 1.54) is 11.4 Å². The smallest absolute Gasteiger partial charge is 0.253 e. The van der Waals surface area contributed by atoms with Crippen LogP contribution < -0.4 is 4.74 Å². The van der Waals surface area contributed by atoms with Gasteiger partial charge < -0.3 is 9.64 Å². The standard InChI is InChI=1S/C19H22N2O4S/c1-25-17-8-10-18(11-9-17)26(23,24)21-13-5-12-20(14-15-21)19(22)16-6-3-2-4-7-16/h2-4,6-11H,5,12-15H2,1H3. The predicted molar refractivity (Wildman–Crippen MR) is 98.7 cm³/mol. The Hall–Kier alpha value is -2.38. The highest BCUT2D eigenvalue weighted by Crippen LogP contribution is 2.21. The van der Waals surface area contributed by atoms with E-state index >= 15 is 0 Å². The minimum absolute atomic E-state index is 0.0608. The van der Waals surface area contributed by atoms with Crippen molar-refractivity contribution in [2.45, 2.75) is 11.3 Å². The Morgan fingerprint density at radius 1 is 0.923 bits per heavy atom. The zero-order chi connectivity index (χ0) is 18.6. The second-order valence-corrected chi connectivity index (χ2v) is 8.03. The topological polar surface area (TPSA) is 66.9 Å². The SMILES string of the molecule is COc1ccc(S(=O)(=O)N2CCCN(C(=O)c3ccccc3)CC2)cc1. The number of hydrogen-bond donors (Lipinski definition) is 0. The Morgan fingerprint density at radius 3 is 2.27 bits per heavy atom. The van der Waals surface area contributed by atoms with Gasteiger partial charge in [-0.05, 0) is 42.8 Å². The molecule has 1 saturated heterocycles. The Labute approximate surface area is 154 Å². The van der Waals surface area contributed by atoms with E-state index in [1.54, 1.807) is 41.3 Å². The Bertz CT molecular complexity index is 851. The number of carbonyl (C=O) groups excluding carboxylic acids is 1. The van der Waals surface area contributed by atoms with Crippen LogP contribution >= 0.6 is 0 Å². The van der Waals surface area contributed by atoms with E-state index in [4.69, 9.17) is 4.74 Å². The van der Waals surface area contributed by atoms with Gasteiger partial charge in [0, 0.05) is 31.7 Å². The zero-order valence-electron chi connectivity index (χ0n) is 14.7. The monoisotopic (exact) mass is 374 g/mol. The molecule has 0 aliphatic carbocycles. The second kappa shape index (κ2) is 7.88. The molecule has 138 valence electrons. The van der Waals surface area contributed by atoms with Crippen LogP contribution in [0.4, 0.5) is 0 Å². The molecular formula is C19H22N2O4S. The van der Waals surface area contributed by atoms with Crippen molar-refractivity contribution >= 4 is 15.9 Å². The van der Waals surface area contributed by atoms with E-state index < -0.39 is 10.0 Å². The molecular weight excluding hydrogens is 352 g/mol. The lowest BCUT2D eigenvalue weighted by Gasteiger charge is -2.22. The van der Waals surface area contributed by atoms with Gasteiger partial charge in [-0.25, -0.2) is 8.42 Å². The van der Waals surface area contributed by atoms with Crippen LogP contribution in [0.25, 0.3) is 0 Å². The second-order valence-electron chi connectivity index (χ2n) is 6.09. The van der Waals surface area contributed by atoms with Crippen molar-refractivity contribution in [1.29, 1.82) is 0 Å². The molecule has 0 unspecified atom stereocenters. The van der Waals surface area contributed by atoms with E-state index in [2.05, 4.69) is 0 Å². The number of amides is 1. The molecule has 1 aliphatic heterocycles. The van der Waals surface area contributed by atoms with Gasteiger partial charge in [0.15, 0.2) is 0 Å². The zero-order valence-corrected chi connectivity index (χ0v) is 15.5. The van der Waals surface area contributed by atoms with E-state index in [9.17, 15) is 13.2 Å². The van der Waals surface area contributed by atoms with Crippen molar-refractivity contribution < 1.29 is 17.9 Å². The fraction of sp³-hybridized carbons (Fsp3) is 0.316. The molecule has 2 aromatic rings. The number of sulfonamides is 1. The Kier molecular flexibility index (Phi) is 5.58. The number of rotatable bonds is 4. The maximum absolute atomic E-state index is 12.9. The van der Waals surface area contributed by atoms with Crippen LogP contribution in [0, 0.1) is 0 Å². The summed E-state index contributed by atoms with van der Waals surface area (Å²) in [6.45, 7) is 1.60. The lowest BCUT2D eigenvalue weighted by atomic mass is 10.2. The van der Waals surface area contributed by atoms with Gasteiger partial charge in [-0.2, -0.15) is 4.31 Å². The summed E-state index contributed by atoms with van der Waals surface area (Å²) in [5, 5.41) is 0. The third kappa shape index (κ3) is 3.89. The summed E-state index contributed by atoms with van der Waals surface area (Å²) in [6.07, 6.45) is 0.605. The first kappa shape index (κ1) is 18.4. The van der Waals surface area contributed by atoms with E-state index in [0.29, 0.717) is 37.4 Å². The molecule has 0 saturated carbocycles. The lowest BCUT2D eigenvalue weighted by molar-refractivity contribution is 0.0764. The molecule has 1 amide bonds. The molecule has 1 aliphatic rings. The average molecular weight is 374 g/mol. The predicted octanol–water partition coefficient (Wildman–Crippen LogP) is 2.23. The summed E-state index contributed by atoms with van der Waals surface area (Å²) in [7, 11) is -2.05. The lowest BCUT2D eigenvalue weighted by Crippen LogP contribution is -2.37. The van der Waals surface area contributed by atoms with Gasteiger partial charge in [0.25, 0.3) is 5.91 Å². The number of benzene rings is 2. The van der Waals surface area contributed by atoms with E-state index in [1.807, 2.05) is 18.2 Å². The number of hydrogen-bond acceptors (Lipinski definition) is 4. The van der Waals surface area contributed by atoms with Gasteiger partial charge in [-0.1, -0.05) is 18.2 Å². The van der Waals surface area contributed by atoms with Gasteiger partial charge in [-0.3, -0.25) is 4.79 Å². The molecule has 3 rings (SSSR count).